The third-order valence-electron chi connectivity index (χ3n) is 6.17. The Morgan fingerprint density at radius 2 is 1.78 bits per heavy atom. The van der Waals surface area contributed by atoms with Crippen LogP contribution in [-0.2, 0) is 4.79 Å². The SMILES string of the molecule is COc1ccc2c(c1)N(C)/C(=C1/SC(=NC3CCCCC3)N(c3ccc(C)cc3)C1=O)S2. The second-order valence-corrected chi connectivity index (χ2v) is 10.4. The minimum atomic E-state index is 0.00235. The highest BCUT2D eigenvalue weighted by molar-refractivity contribution is 8.20. The molecular weight excluding hydrogens is 438 g/mol. The van der Waals surface area contributed by atoms with E-state index in [0.29, 0.717) is 6.04 Å². The number of amides is 1. The first-order valence-electron chi connectivity index (χ1n) is 11.1. The zero-order chi connectivity index (χ0) is 22.2. The summed E-state index contributed by atoms with van der Waals surface area (Å²) in [5.41, 5.74) is 3.11. The van der Waals surface area contributed by atoms with E-state index >= 15 is 0 Å². The molecule has 2 fully saturated rings. The second kappa shape index (κ2) is 8.87. The molecule has 0 atom stereocenters. The third-order valence-corrected chi connectivity index (χ3v) is 8.58. The van der Waals surface area contributed by atoms with Crippen LogP contribution in [0.4, 0.5) is 11.4 Å². The number of thioether (sulfide) groups is 2. The summed E-state index contributed by atoms with van der Waals surface area (Å²) in [4.78, 5) is 24.6. The smallest absolute Gasteiger partial charge is 0.274 e. The Labute approximate surface area is 197 Å². The lowest BCUT2D eigenvalue weighted by molar-refractivity contribution is -0.113. The van der Waals surface area contributed by atoms with Gasteiger partial charge in [0, 0.05) is 18.0 Å². The van der Waals surface area contributed by atoms with Gasteiger partial charge in [-0.3, -0.25) is 14.7 Å². The number of methoxy groups -OCH3 is 1. The van der Waals surface area contributed by atoms with Crippen molar-refractivity contribution in [1.82, 2.24) is 0 Å². The van der Waals surface area contributed by atoms with Gasteiger partial charge in [-0.1, -0.05) is 48.7 Å². The van der Waals surface area contributed by atoms with Crippen molar-refractivity contribution in [2.24, 2.45) is 4.99 Å². The minimum absolute atomic E-state index is 0.00235. The topological polar surface area (TPSA) is 45.1 Å². The second-order valence-electron chi connectivity index (χ2n) is 8.41. The maximum atomic E-state index is 13.8. The van der Waals surface area contributed by atoms with Crippen molar-refractivity contribution in [2.75, 3.05) is 24.0 Å². The molecule has 2 aliphatic heterocycles. The molecule has 7 heteroatoms. The Morgan fingerprint density at radius 1 is 1.03 bits per heavy atom. The number of ether oxygens (including phenoxy) is 1. The lowest BCUT2D eigenvalue weighted by atomic mass is 9.96. The van der Waals surface area contributed by atoms with Crippen molar-refractivity contribution in [1.29, 1.82) is 0 Å². The molecule has 1 saturated carbocycles. The number of hydrogen-bond acceptors (Lipinski definition) is 6. The number of anilines is 2. The number of aliphatic imine (C=N–C) groups is 1. The third kappa shape index (κ3) is 3.92. The van der Waals surface area contributed by atoms with Gasteiger partial charge in [-0.25, -0.2) is 0 Å². The van der Waals surface area contributed by atoms with Gasteiger partial charge in [0.2, 0.25) is 0 Å². The minimum Gasteiger partial charge on any atom is -0.497 e. The first-order valence-corrected chi connectivity index (χ1v) is 12.7. The van der Waals surface area contributed by atoms with Gasteiger partial charge in [-0.2, -0.15) is 0 Å². The van der Waals surface area contributed by atoms with E-state index in [9.17, 15) is 4.79 Å². The number of rotatable bonds is 3. The van der Waals surface area contributed by atoms with Gasteiger partial charge in [-0.15, -0.1) is 0 Å². The van der Waals surface area contributed by atoms with Crippen molar-refractivity contribution in [3.8, 4) is 5.75 Å². The average Bonchev–Trinajstić information content (AvgIpc) is 3.31. The average molecular weight is 466 g/mol. The number of benzene rings is 2. The molecular formula is C25H27N3O2S2. The molecule has 3 aliphatic rings. The van der Waals surface area contributed by atoms with Gasteiger partial charge < -0.3 is 9.64 Å². The first kappa shape index (κ1) is 21.5. The monoisotopic (exact) mass is 465 g/mol. The van der Waals surface area contributed by atoms with Crippen LogP contribution in [0.5, 0.6) is 5.75 Å². The molecule has 0 aromatic heterocycles. The Bertz CT molecular complexity index is 1100. The molecule has 0 N–H and O–H groups in total. The van der Waals surface area contributed by atoms with Gasteiger partial charge in [0.15, 0.2) is 5.17 Å². The number of fused-ring (bicyclic) bond motifs is 1. The summed E-state index contributed by atoms with van der Waals surface area (Å²) in [7, 11) is 3.69. The van der Waals surface area contributed by atoms with Crippen LogP contribution in [0.15, 0.2) is 62.3 Å². The van der Waals surface area contributed by atoms with Gasteiger partial charge in [0.1, 0.15) is 10.7 Å². The zero-order valence-corrected chi connectivity index (χ0v) is 20.3. The molecule has 166 valence electrons. The Morgan fingerprint density at radius 3 is 2.50 bits per heavy atom. The number of carbonyl (C=O) groups is 1. The Kier molecular flexibility index (Phi) is 5.95. The van der Waals surface area contributed by atoms with Crippen LogP contribution in [0, 0.1) is 6.92 Å². The summed E-state index contributed by atoms with van der Waals surface area (Å²) in [6, 6.07) is 14.5. The van der Waals surface area contributed by atoms with Gasteiger partial charge in [-0.05, 0) is 55.8 Å². The maximum Gasteiger partial charge on any atom is 0.274 e. The van der Waals surface area contributed by atoms with E-state index in [0.717, 1.165) is 50.0 Å². The van der Waals surface area contributed by atoms with Crippen molar-refractivity contribution in [2.45, 2.75) is 50.0 Å². The Hall–Kier alpha value is -2.38. The fourth-order valence-electron chi connectivity index (χ4n) is 4.33. The number of amidine groups is 1. The lowest BCUT2D eigenvalue weighted by Gasteiger charge is -2.21. The summed E-state index contributed by atoms with van der Waals surface area (Å²) >= 11 is 3.15. The predicted molar refractivity (Wildman–Crippen MR) is 135 cm³/mol. The molecule has 1 aliphatic carbocycles. The van der Waals surface area contributed by atoms with Crippen LogP contribution in [0.3, 0.4) is 0 Å². The molecule has 2 aromatic rings. The molecule has 0 unspecified atom stereocenters. The van der Waals surface area contributed by atoms with Crippen LogP contribution in [0.1, 0.15) is 37.7 Å². The fourth-order valence-corrected chi connectivity index (χ4v) is 6.71. The molecule has 2 aromatic carbocycles. The largest absolute Gasteiger partial charge is 0.497 e. The highest BCUT2D eigenvalue weighted by Gasteiger charge is 2.40. The number of aryl methyl sites for hydroxylation is 1. The molecule has 1 saturated heterocycles. The van der Waals surface area contributed by atoms with Crippen molar-refractivity contribution in [3.05, 3.63) is 58.0 Å². The zero-order valence-electron chi connectivity index (χ0n) is 18.6. The standard InChI is InChI=1S/C25H27N3O2S2/c1-16-9-11-18(12-10-16)28-23(29)22(32-25(28)26-17-7-5-4-6-8-17)24-27(2)20-15-19(30-3)13-14-21(20)31-24/h9-15,17H,4-8H2,1-3H3/b24-22-,26-25?. The first-order chi connectivity index (χ1) is 15.5. The van der Waals surface area contributed by atoms with Gasteiger partial charge >= 0.3 is 0 Å². The lowest BCUT2D eigenvalue weighted by Crippen LogP contribution is -2.30. The van der Waals surface area contributed by atoms with Gasteiger partial charge in [0.05, 0.1) is 29.6 Å². The van der Waals surface area contributed by atoms with Crippen LogP contribution in [0.25, 0.3) is 0 Å². The van der Waals surface area contributed by atoms with Crippen LogP contribution < -0.4 is 14.5 Å². The van der Waals surface area contributed by atoms with E-state index in [1.165, 1.54) is 36.6 Å². The quantitative estimate of drug-likeness (QED) is 0.506. The molecule has 32 heavy (non-hydrogen) atoms. The summed E-state index contributed by atoms with van der Waals surface area (Å²) in [5, 5.41) is 1.75. The molecule has 5 nitrogen and oxygen atoms in total. The number of nitrogens with zero attached hydrogens (tertiary/aromatic N) is 3. The highest BCUT2D eigenvalue weighted by Crippen LogP contribution is 2.51. The Balaban J connectivity index is 1.55. The van der Waals surface area contributed by atoms with E-state index in [-0.39, 0.29) is 5.91 Å². The van der Waals surface area contributed by atoms with E-state index in [1.54, 1.807) is 23.8 Å². The van der Waals surface area contributed by atoms with Crippen LogP contribution >= 0.6 is 23.5 Å². The van der Waals surface area contributed by atoms with Gasteiger partial charge in [0.25, 0.3) is 5.91 Å². The van der Waals surface area contributed by atoms with Crippen LogP contribution in [-0.4, -0.2) is 31.3 Å². The molecule has 2 heterocycles. The summed E-state index contributed by atoms with van der Waals surface area (Å²) in [5.74, 6) is 0.816. The predicted octanol–water partition coefficient (Wildman–Crippen LogP) is 6.18. The maximum absolute atomic E-state index is 13.8. The van der Waals surface area contributed by atoms with Crippen molar-refractivity contribution >= 4 is 46.0 Å². The number of hydrogen-bond donors (Lipinski definition) is 0. The summed E-state index contributed by atoms with van der Waals surface area (Å²) in [6.45, 7) is 2.06. The molecule has 1 amide bonds. The van der Waals surface area contributed by atoms with E-state index in [2.05, 4.69) is 30.0 Å². The highest BCUT2D eigenvalue weighted by atomic mass is 32.2. The number of carbonyl (C=O) groups excluding carboxylic acids is 1. The summed E-state index contributed by atoms with van der Waals surface area (Å²) < 4.78 is 5.40. The van der Waals surface area contributed by atoms with E-state index in [1.807, 2.05) is 31.3 Å². The molecule has 0 bridgehead atoms. The molecule has 5 rings (SSSR count). The van der Waals surface area contributed by atoms with Crippen molar-refractivity contribution < 1.29 is 9.53 Å². The molecule has 0 spiro atoms. The molecule has 0 radical (unpaired) electrons. The van der Waals surface area contributed by atoms with Crippen LogP contribution in [0.2, 0.25) is 0 Å². The van der Waals surface area contributed by atoms with Crippen molar-refractivity contribution in [3.63, 3.8) is 0 Å². The normalized spacial score (nSPS) is 22.7. The van der Waals surface area contributed by atoms with E-state index < -0.39 is 0 Å². The summed E-state index contributed by atoms with van der Waals surface area (Å²) in [6.07, 6.45) is 5.92. The van der Waals surface area contributed by atoms with E-state index in [4.69, 9.17) is 9.73 Å². The fraction of sp³-hybridized carbons (Fsp3) is 0.360.